The maximum atomic E-state index is 3.71. The van der Waals surface area contributed by atoms with E-state index in [-0.39, 0.29) is 0 Å². The Bertz CT molecular complexity index is 213. The molecule has 0 heterocycles. The van der Waals surface area contributed by atoms with Crippen LogP contribution in [0.1, 0.15) is 65.2 Å². The molecular weight excluding hydrogens is 194 g/mol. The molecule has 3 unspecified atom stereocenters. The van der Waals surface area contributed by atoms with Gasteiger partial charge in [-0.15, -0.1) is 0 Å². The molecule has 0 radical (unpaired) electrons. The van der Waals surface area contributed by atoms with Gasteiger partial charge in [0, 0.05) is 6.54 Å². The molecule has 2 aliphatic carbocycles. The number of unbranched alkanes of at least 4 members (excludes halogenated alkanes) is 1. The van der Waals surface area contributed by atoms with Crippen molar-refractivity contribution in [2.24, 2.45) is 17.3 Å². The summed E-state index contributed by atoms with van der Waals surface area (Å²) in [6.45, 7) is 7.13. The quantitative estimate of drug-likeness (QED) is 0.644. The van der Waals surface area contributed by atoms with Crippen LogP contribution in [0.4, 0.5) is 0 Å². The van der Waals surface area contributed by atoms with Gasteiger partial charge in [0.1, 0.15) is 0 Å². The molecule has 0 aliphatic heterocycles. The van der Waals surface area contributed by atoms with Crippen molar-refractivity contribution in [3.8, 4) is 0 Å². The van der Waals surface area contributed by atoms with Crippen LogP contribution in [0.5, 0.6) is 0 Å². The Morgan fingerprint density at radius 2 is 2.06 bits per heavy atom. The second-order valence-corrected chi connectivity index (χ2v) is 6.22. The molecule has 0 saturated heterocycles. The normalized spacial score (nSPS) is 37.1. The number of fused-ring (bicyclic) bond motifs is 2. The van der Waals surface area contributed by atoms with Gasteiger partial charge in [0.15, 0.2) is 0 Å². The first-order valence-electron chi connectivity index (χ1n) is 7.51. The molecule has 0 spiro atoms. The topological polar surface area (TPSA) is 12.0 Å². The summed E-state index contributed by atoms with van der Waals surface area (Å²) in [4.78, 5) is 0. The average Bonchev–Trinajstić information content (AvgIpc) is 2.87. The van der Waals surface area contributed by atoms with E-state index >= 15 is 0 Å². The molecule has 2 bridgehead atoms. The number of hydrogen-bond acceptors (Lipinski definition) is 1. The van der Waals surface area contributed by atoms with Gasteiger partial charge in [0.05, 0.1) is 0 Å². The summed E-state index contributed by atoms with van der Waals surface area (Å²) in [6, 6.07) is 0. The van der Waals surface area contributed by atoms with E-state index in [0.29, 0.717) is 5.41 Å². The maximum absolute atomic E-state index is 3.71. The summed E-state index contributed by atoms with van der Waals surface area (Å²) in [7, 11) is 0. The van der Waals surface area contributed by atoms with Gasteiger partial charge in [0.2, 0.25) is 0 Å². The van der Waals surface area contributed by atoms with Crippen molar-refractivity contribution in [2.75, 3.05) is 13.1 Å². The van der Waals surface area contributed by atoms with Gasteiger partial charge in [-0.05, 0) is 55.9 Å². The van der Waals surface area contributed by atoms with Crippen molar-refractivity contribution in [1.82, 2.24) is 5.32 Å². The highest BCUT2D eigenvalue weighted by Gasteiger charge is 2.49. The Labute approximate surface area is 101 Å². The van der Waals surface area contributed by atoms with E-state index in [9.17, 15) is 0 Å². The average molecular weight is 223 g/mol. The van der Waals surface area contributed by atoms with Crippen LogP contribution in [0.15, 0.2) is 0 Å². The fraction of sp³-hybridized carbons (Fsp3) is 1.00. The van der Waals surface area contributed by atoms with E-state index in [0.717, 1.165) is 11.8 Å². The monoisotopic (exact) mass is 223 g/mol. The fourth-order valence-electron chi connectivity index (χ4n) is 4.21. The summed E-state index contributed by atoms with van der Waals surface area (Å²) in [5.74, 6) is 2.15. The van der Waals surface area contributed by atoms with Crippen LogP contribution in [-0.4, -0.2) is 13.1 Å². The minimum Gasteiger partial charge on any atom is -0.316 e. The number of hydrogen-bond donors (Lipinski definition) is 1. The molecule has 1 nitrogen and oxygen atoms in total. The minimum atomic E-state index is 0.702. The molecule has 16 heavy (non-hydrogen) atoms. The third-order valence-electron chi connectivity index (χ3n) is 5.03. The maximum Gasteiger partial charge on any atom is 0.00106 e. The summed E-state index contributed by atoms with van der Waals surface area (Å²) < 4.78 is 0. The van der Waals surface area contributed by atoms with E-state index in [2.05, 4.69) is 19.2 Å². The van der Waals surface area contributed by atoms with Gasteiger partial charge in [-0.3, -0.25) is 0 Å². The van der Waals surface area contributed by atoms with Gasteiger partial charge in [-0.25, -0.2) is 0 Å². The lowest BCUT2D eigenvalue weighted by molar-refractivity contribution is 0.139. The van der Waals surface area contributed by atoms with Crippen LogP contribution in [0, 0.1) is 17.3 Å². The van der Waals surface area contributed by atoms with E-state index in [1.165, 1.54) is 58.0 Å². The molecule has 1 heteroatoms. The first-order chi connectivity index (χ1) is 7.80. The van der Waals surface area contributed by atoms with Gasteiger partial charge in [-0.1, -0.05) is 33.1 Å². The van der Waals surface area contributed by atoms with Crippen LogP contribution in [-0.2, 0) is 0 Å². The van der Waals surface area contributed by atoms with E-state index in [1.54, 1.807) is 6.42 Å². The van der Waals surface area contributed by atoms with Gasteiger partial charge in [-0.2, -0.15) is 0 Å². The lowest BCUT2D eigenvalue weighted by Crippen LogP contribution is -2.39. The molecule has 94 valence electrons. The number of nitrogens with one attached hydrogen (secondary N) is 1. The molecule has 2 aliphatic rings. The third-order valence-corrected chi connectivity index (χ3v) is 5.03. The van der Waals surface area contributed by atoms with Crippen molar-refractivity contribution in [3.63, 3.8) is 0 Å². The summed E-state index contributed by atoms with van der Waals surface area (Å²) in [5.41, 5.74) is 0.702. The molecule has 0 aromatic carbocycles. The standard InChI is InChI=1S/C15H29N/c1-3-5-8-15(12-16-9-4-2)11-13-6-7-14(15)10-13/h13-14,16H,3-12H2,1-2H3. The Hall–Kier alpha value is -0.0400. The summed E-state index contributed by atoms with van der Waals surface area (Å²) in [5, 5.41) is 3.71. The predicted octanol–water partition coefficient (Wildman–Crippen LogP) is 3.98. The zero-order valence-corrected chi connectivity index (χ0v) is 11.2. The largest absolute Gasteiger partial charge is 0.316 e. The second-order valence-electron chi connectivity index (χ2n) is 6.22. The molecule has 3 atom stereocenters. The van der Waals surface area contributed by atoms with Crippen LogP contribution in [0.25, 0.3) is 0 Å². The van der Waals surface area contributed by atoms with E-state index < -0.39 is 0 Å². The molecule has 0 aromatic rings. The fourth-order valence-corrected chi connectivity index (χ4v) is 4.21. The highest BCUT2D eigenvalue weighted by atomic mass is 14.9. The van der Waals surface area contributed by atoms with Gasteiger partial charge >= 0.3 is 0 Å². The van der Waals surface area contributed by atoms with Crippen molar-refractivity contribution in [2.45, 2.75) is 65.2 Å². The third kappa shape index (κ3) is 2.45. The highest BCUT2D eigenvalue weighted by molar-refractivity contribution is 5.01. The molecule has 1 N–H and O–H groups in total. The van der Waals surface area contributed by atoms with Crippen molar-refractivity contribution in [1.29, 1.82) is 0 Å². The van der Waals surface area contributed by atoms with Gasteiger partial charge < -0.3 is 5.32 Å². The van der Waals surface area contributed by atoms with Crippen molar-refractivity contribution >= 4 is 0 Å². The Morgan fingerprint density at radius 1 is 1.19 bits per heavy atom. The number of rotatable bonds is 7. The predicted molar refractivity (Wildman–Crippen MR) is 70.6 cm³/mol. The first kappa shape index (κ1) is 12.4. The summed E-state index contributed by atoms with van der Waals surface area (Å²) >= 11 is 0. The SMILES string of the molecule is CCCCC1(CNCCC)CC2CCC1C2. The highest BCUT2D eigenvalue weighted by Crippen LogP contribution is 2.57. The first-order valence-corrected chi connectivity index (χ1v) is 7.51. The van der Waals surface area contributed by atoms with Crippen molar-refractivity contribution in [3.05, 3.63) is 0 Å². The molecular formula is C15H29N. The lowest BCUT2D eigenvalue weighted by Gasteiger charge is -2.38. The second kappa shape index (κ2) is 5.53. The zero-order valence-electron chi connectivity index (χ0n) is 11.2. The van der Waals surface area contributed by atoms with Crippen LogP contribution in [0.3, 0.4) is 0 Å². The van der Waals surface area contributed by atoms with Crippen LogP contribution < -0.4 is 5.32 Å². The Balaban J connectivity index is 1.90. The Morgan fingerprint density at radius 3 is 2.62 bits per heavy atom. The smallest absolute Gasteiger partial charge is 0.00106 e. The lowest BCUT2D eigenvalue weighted by atomic mass is 9.70. The van der Waals surface area contributed by atoms with E-state index in [4.69, 9.17) is 0 Å². The molecule has 0 amide bonds. The Kier molecular flexibility index (Phi) is 4.29. The molecule has 2 fully saturated rings. The minimum absolute atomic E-state index is 0.702. The van der Waals surface area contributed by atoms with E-state index in [1.807, 2.05) is 0 Å². The molecule has 2 rings (SSSR count). The summed E-state index contributed by atoms with van der Waals surface area (Å²) in [6.07, 6.45) is 11.7. The van der Waals surface area contributed by atoms with Crippen molar-refractivity contribution < 1.29 is 0 Å². The molecule has 2 saturated carbocycles. The van der Waals surface area contributed by atoms with Crippen LogP contribution >= 0.6 is 0 Å². The van der Waals surface area contributed by atoms with Gasteiger partial charge in [0.25, 0.3) is 0 Å². The zero-order chi connectivity index (χ0) is 11.4. The van der Waals surface area contributed by atoms with Crippen LogP contribution in [0.2, 0.25) is 0 Å². The molecule has 0 aromatic heterocycles.